The maximum atomic E-state index is 13.8. The zero-order valence-corrected chi connectivity index (χ0v) is 20.4. The zero-order chi connectivity index (χ0) is 22.9. The van der Waals surface area contributed by atoms with Gasteiger partial charge in [0.2, 0.25) is 0 Å². The topological polar surface area (TPSA) is 77.3 Å². The smallest absolute Gasteiger partial charge is 0.155 e. The lowest BCUT2D eigenvalue weighted by Crippen LogP contribution is -2.44. The van der Waals surface area contributed by atoms with Crippen LogP contribution >= 0.6 is 12.4 Å². The summed E-state index contributed by atoms with van der Waals surface area (Å²) in [6.07, 6.45) is 6.47. The molecule has 0 bridgehead atoms. The molecule has 178 valence electrons. The third-order valence-electron chi connectivity index (χ3n) is 7.89. The average Bonchev–Trinajstić information content (AvgIpc) is 3.47. The van der Waals surface area contributed by atoms with E-state index in [1.165, 1.54) is 6.07 Å². The Morgan fingerprint density at radius 2 is 1.88 bits per heavy atom. The number of nitrogens with two attached hydrogens (primary N) is 1. The summed E-state index contributed by atoms with van der Waals surface area (Å²) >= 11 is 0. The second-order valence-corrected chi connectivity index (χ2v) is 9.61. The van der Waals surface area contributed by atoms with Gasteiger partial charge in [0.1, 0.15) is 11.3 Å². The molecule has 1 aromatic carbocycles. The molecular weight excluding hydrogens is 453 g/mol. The van der Waals surface area contributed by atoms with E-state index in [4.69, 9.17) is 10.7 Å². The largest absolute Gasteiger partial charge is 0.355 e. The third-order valence-corrected chi connectivity index (χ3v) is 7.89. The van der Waals surface area contributed by atoms with E-state index in [9.17, 15) is 4.39 Å². The number of nitrogens with zero attached hydrogens (tertiary/aromatic N) is 6. The van der Waals surface area contributed by atoms with Crippen LogP contribution in [0.5, 0.6) is 0 Å². The third kappa shape index (κ3) is 3.23. The number of aryl methyl sites for hydroxylation is 2. The first-order chi connectivity index (χ1) is 15.9. The summed E-state index contributed by atoms with van der Waals surface area (Å²) in [5.41, 5.74) is 13.9. The summed E-state index contributed by atoms with van der Waals surface area (Å²) in [6, 6.07) is 7.05. The number of rotatable bonds is 2. The van der Waals surface area contributed by atoms with Crippen molar-refractivity contribution in [1.29, 1.82) is 0 Å². The molecule has 1 spiro atoms. The van der Waals surface area contributed by atoms with Crippen LogP contribution in [-0.2, 0) is 13.5 Å². The summed E-state index contributed by atoms with van der Waals surface area (Å²) < 4.78 is 17.7. The molecule has 2 aliphatic rings. The minimum atomic E-state index is -0.179. The Balaban J connectivity index is 0.00000241. The molecule has 6 rings (SSSR count). The Morgan fingerprint density at radius 1 is 1.12 bits per heavy atom. The van der Waals surface area contributed by atoms with Gasteiger partial charge in [0.05, 0.1) is 23.8 Å². The number of hydrogen-bond donors (Lipinski definition) is 1. The fourth-order valence-electron chi connectivity index (χ4n) is 5.85. The first kappa shape index (κ1) is 22.8. The molecule has 0 amide bonds. The lowest BCUT2D eigenvalue weighted by Gasteiger charge is -2.42. The van der Waals surface area contributed by atoms with Gasteiger partial charge in [-0.05, 0) is 67.9 Å². The lowest BCUT2D eigenvalue weighted by atomic mass is 9.73. The van der Waals surface area contributed by atoms with E-state index in [0.29, 0.717) is 0 Å². The molecule has 9 heteroatoms. The summed E-state index contributed by atoms with van der Waals surface area (Å²) in [7, 11) is 1.94. The van der Waals surface area contributed by atoms with Gasteiger partial charge in [-0.2, -0.15) is 10.2 Å². The molecule has 7 nitrogen and oxygen atoms in total. The van der Waals surface area contributed by atoms with E-state index in [0.717, 1.165) is 77.5 Å². The predicted molar refractivity (Wildman–Crippen MR) is 133 cm³/mol. The molecule has 0 saturated carbocycles. The number of halogens is 2. The molecule has 3 aromatic heterocycles. The van der Waals surface area contributed by atoms with Crippen molar-refractivity contribution in [3.8, 4) is 11.3 Å². The van der Waals surface area contributed by atoms with Crippen molar-refractivity contribution in [2.45, 2.75) is 39.2 Å². The van der Waals surface area contributed by atoms with Crippen LogP contribution in [0.1, 0.15) is 41.4 Å². The minimum absolute atomic E-state index is 0. The van der Waals surface area contributed by atoms with E-state index in [1.807, 2.05) is 47.7 Å². The monoisotopic (exact) mass is 481 g/mol. The SMILES string of the molecule is Cc1nc(N2CCC3(CC2)Cc2cc(F)ccc2[C@H]3N)c2ccnn2c1-c1cnn(C)c1C.Cl. The molecule has 2 N–H and O–H groups in total. The van der Waals surface area contributed by atoms with E-state index < -0.39 is 0 Å². The quantitative estimate of drug-likeness (QED) is 0.465. The number of hydrogen-bond acceptors (Lipinski definition) is 5. The number of anilines is 1. The maximum absolute atomic E-state index is 13.8. The fourth-order valence-corrected chi connectivity index (χ4v) is 5.85. The Labute approximate surface area is 204 Å². The maximum Gasteiger partial charge on any atom is 0.155 e. The van der Waals surface area contributed by atoms with Gasteiger partial charge in [-0.3, -0.25) is 4.68 Å². The Morgan fingerprint density at radius 3 is 2.59 bits per heavy atom. The lowest BCUT2D eigenvalue weighted by molar-refractivity contribution is 0.187. The van der Waals surface area contributed by atoms with E-state index in [1.54, 1.807) is 6.07 Å². The molecule has 1 saturated heterocycles. The van der Waals surface area contributed by atoms with Crippen molar-refractivity contribution in [3.05, 3.63) is 65.0 Å². The van der Waals surface area contributed by atoms with Crippen molar-refractivity contribution in [2.24, 2.45) is 18.2 Å². The van der Waals surface area contributed by atoms with E-state index >= 15 is 0 Å². The predicted octanol–water partition coefficient (Wildman–Crippen LogP) is 4.15. The van der Waals surface area contributed by atoms with Gasteiger partial charge in [-0.1, -0.05) is 6.07 Å². The molecule has 4 heterocycles. The van der Waals surface area contributed by atoms with Gasteiger partial charge < -0.3 is 10.6 Å². The number of fused-ring (bicyclic) bond motifs is 2. The normalized spacial score (nSPS) is 19.0. The Bertz CT molecular complexity index is 1380. The first-order valence-corrected chi connectivity index (χ1v) is 11.5. The van der Waals surface area contributed by atoms with Crippen LogP contribution in [0, 0.1) is 25.1 Å². The van der Waals surface area contributed by atoms with Crippen molar-refractivity contribution >= 4 is 23.7 Å². The summed E-state index contributed by atoms with van der Waals surface area (Å²) in [6.45, 7) is 5.82. The number of benzene rings is 1. The first-order valence-electron chi connectivity index (χ1n) is 11.5. The van der Waals surface area contributed by atoms with Gasteiger partial charge in [0, 0.05) is 37.4 Å². The van der Waals surface area contributed by atoms with Gasteiger partial charge >= 0.3 is 0 Å². The van der Waals surface area contributed by atoms with Crippen LogP contribution in [0.2, 0.25) is 0 Å². The van der Waals surface area contributed by atoms with Crippen LogP contribution in [0.4, 0.5) is 10.2 Å². The van der Waals surface area contributed by atoms with Crippen molar-refractivity contribution in [2.75, 3.05) is 18.0 Å². The van der Waals surface area contributed by atoms with Crippen molar-refractivity contribution in [1.82, 2.24) is 24.4 Å². The summed E-state index contributed by atoms with van der Waals surface area (Å²) in [4.78, 5) is 7.41. The molecule has 0 unspecified atom stereocenters. The molecule has 1 aliphatic heterocycles. The molecule has 34 heavy (non-hydrogen) atoms. The zero-order valence-electron chi connectivity index (χ0n) is 19.6. The van der Waals surface area contributed by atoms with Crippen LogP contribution in [0.3, 0.4) is 0 Å². The highest BCUT2D eigenvalue weighted by Gasteiger charge is 2.46. The van der Waals surface area contributed by atoms with Crippen LogP contribution in [-0.4, -0.2) is 37.5 Å². The van der Waals surface area contributed by atoms with Gasteiger partial charge in [-0.25, -0.2) is 13.9 Å². The van der Waals surface area contributed by atoms with Crippen LogP contribution in [0.25, 0.3) is 16.8 Å². The van der Waals surface area contributed by atoms with Crippen LogP contribution in [0.15, 0.2) is 36.7 Å². The summed E-state index contributed by atoms with van der Waals surface area (Å²) in [5.74, 6) is 0.780. The molecular formula is C25H29ClFN7. The highest BCUT2D eigenvalue weighted by atomic mass is 35.5. The van der Waals surface area contributed by atoms with Gasteiger partial charge in [0.15, 0.2) is 5.82 Å². The molecule has 1 fully saturated rings. The Hall–Kier alpha value is -2.97. The van der Waals surface area contributed by atoms with Crippen LogP contribution < -0.4 is 10.6 Å². The standard InChI is InChI=1S/C25H28FN7.ClH/c1-15-22(20-14-29-31(3)16(20)2)33-21(6-9-28-33)24(30-15)32-10-7-25(8-11-32)13-17-12-18(26)4-5-19(17)23(25)27;/h4-6,9,12,14,23H,7-8,10-11,13,27H2,1-3H3;1H/t23-;/m1./s1. The van der Waals surface area contributed by atoms with Crippen molar-refractivity contribution < 1.29 is 4.39 Å². The fraction of sp³-hybridized carbons (Fsp3) is 0.400. The highest BCUT2D eigenvalue weighted by Crippen LogP contribution is 2.51. The number of piperidine rings is 1. The van der Waals surface area contributed by atoms with E-state index in [-0.39, 0.29) is 29.7 Å². The van der Waals surface area contributed by atoms with E-state index in [2.05, 4.69) is 22.0 Å². The second-order valence-electron chi connectivity index (χ2n) is 9.61. The number of aromatic nitrogens is 5. The molecule has 4 aromatic rings. The second kappa shape index (κ2) is 8.06. The van der Waals surface area contributed by atoms with Crippen molar-refractivity contribution in [3.63, 3.8) is 0 Å². The Kier molecular flexibility index (Phi) is 5.41. The van der Waals surface area contributed by atoms with Gasteiger partial charge in [0.25, 0.3) is 0 Å². The average molecular weight is 482 g/mol. The highest BCUT2D eigenvalue weighted by molar-refractivity contribution is 5.85. The minimum Gasteiger partial charge on any atom is -0.355 e. The summed E-state index contributed by atoms with van der Waals surface area (Å²) in [5, 5.41) is 9.05. The molecule has 1 aliphatic carbocycles. The molecule has 1 atom stereocenters. The molecule has 0 radical (unpaired) electrons. The van der Waals surface area contributed by atoms with Gasteiger partial charge in [-0.15, -0.1) is 12.4 Å².